The topological polar surface area (TPSA) is 338 Å². The maximum absolute atomic E-state index is 13.9. The van der Waals surface area contributed by atoms with Crippen LogP contribution >= 0.6 is 69.6 Å². The van der Waals surface area contributed by atoms with Crippen LogP contribution in [0.4, 0.5) is 0 Å². The predicted molar refractivity (Wildman–Crippen MR) is 454 cm³/mol. The van der Waals surface area contributed by atoms with Crippen molar-refractivity contribution < 1.29 is 72.9 Å². The zero-order valence-corrected chi connectivity index (χ0v) is 73.0. The third-order valence-corrected chi connectivity index (χ3v) is 26.5. The molecule has 4 heterocycles. The number of carbonyl (C=O) groups excluding carboxylic acids is 4. The Bertz CT molecular complexity index is 4470. The van der Waals surface area contributed by atoms with Crippen molar-refractivity contribution >= 4 is 123 Å². The van der Waals surface area contributed by atoms with E-state index in [1.165, 1.54) is 30.7 Å². The molecule has 0 bridgehead atoms. The zero-order chi connectivity index (χ0) is 84.4. The average Bonchev–Trinajstić information content (AvgIpc) is 0.855. The molecule has 0 saturated heterocycles. The molecule has 118 heavy (non-hydrogen) atoms. The molecule has 3 atom stereocenters. The molecule has 37 heteroatoms. The van der Waals surface area contributed by atoms with Gasteiger partial charge in [0, 0.05) is 164 Å². The van der Waals surface area contributed by atoms with Crippen molar-refractivity contribution in [2.45, 2.75) is 103 Å². The Kier molecular flexibility index (Phi) is 36.2. The van der Waals surface area contributed by atoms with Crippen LogP contribution in [-0.2, 0) is 104 Å². The molecule has 3 aliphatic heterocycles. The molecular weight excluding hydrogens is 1710 g/mol. The number of ether oxygens (including phenoxy) is 6. The lowest BCUT2D eigenvalue weighted by Crippen LogP contribution is -2.51. The lowest BCUT2D eigenvalue weighted by Gasteiger charge is -2.35. The van der Waals surface area contributed by atoms with Crippen molar-refractivity contribution in [1.82, 2.24) is 59.7 Å². The van der Waals surface area contributed by atoms with Crippen LogP contribution in [0.2, 0.25) is 30.1 Å². The third kappa shape index (κ3) is 28.3. The van der Waals surface area contributed by atoms with Gasteiger partial charge in [-0.3, -0.25) is 19.2 Å². The summed E-state index contributed by atoms with van der Waals surface area (Å²) in [5.74, 6) is -2.10. The molecule has 0 saturated carbocycles. The van der Waals surface area contributed by atoms with Gasteiger partial charge in [0.2, 0.25) is 53.7 Å². The largest absolute Gasteiger partial charge is 0.378 e. The van der Waals surface area contributed by atoms with E-state index in [-0.39, 0.29) is 196 Å². The number of fused-ring (bicyclic) bond motifs is 3. The van der Waals surface area contributed by atoms with Gasteiger partial charge in [-0.1, -0.05) is 106 Å². The summed E-state index contributed by atoms with van der Waals surface area (Å²) >= 11 is 39.0. The number of sulfonamides is 3. The van der Waals surface area contributed by atoms with E-state index < -0.39 is 59.2 Å². The van der Waals surface area contributed by atoms with Crippen molar-refractivity contribution in [2.24, 2.45) is 0 Å². The van der Waals surface area contributed by atoms with Gasteiger partial charge in [0.25, 0.3) is 0 Å². The van der Waals surface area contributed by atoms with E-state index in [9.17, 15) is 44.4 Å². The highest BCUT2D eigenvalue weighted by molar-refractivity contribution is 7.90. The number of hydrogen-bond donors (Lipinski definition) is 7. The summed E-state index contributed by atoms with van der Waals surface area (Å²) in [5.41, 5.74) is 6.87. The average molecular weight is 1810 g/mol. The number of nitrogens with one attached hydrogen (secondary N) is 7. The van der Waals surface area contributed by atoms with Crippen LogP contribution in [0.3, 0.4) is 0 Å². The van der Waals surface area contributed by atoms with Gasteiger partial charge in [-0.05, 0) is 163 Å². The second kappa shape index (κ2) is 45.6. The van der Waals surface area contributed by atoms with Crippen LogP contribution in [-0.4, -0.2) is 238 Å². The predicted octanol–water partition coefficient (Wildman–Crippen LogP) is 9.11. The number of aromatic nitrogens is 2. The minimum Gasteiger partial charge on any atom is -0.378 e. The lowest BCUT2D eigenvalue weighted by molar-refractivity contribution is -0.127. The van der Waals surface area contributed by atoms with Crippen molar-refractivity contribution in [3.63, 3.8) is 0 Å². The molecule has 0 aliphatic carbocycles. The van der Waals surface area contributed by atoms with Gasteiger partial charge in [0.05, 0.1) is 100 Å². The Morgan fingerprint density at radius 3 is 1.02 bits per heavy atom. The van der Waals surface area contributed by atoms with Gasteiger partial charge < -0.3 is 69.0 Å². The maximum atomic E-state index is 13.9. The van der Waals surface area contributed by atoms with Crippen molar-refractivity contribution in [2.75, 3.05) is 159 Å². The molecule has 7 aromatic rings. The van der Waals surface area contributed by atoms with Crippen LogP contribution in [0, 0.1) is 0 Å². The molecule has 6 aromatic carbocycles. The minimum atomic E-state index is -3.91. The number of imidazole rings is 1. The fourth-order valence-corrected chi connectivity index (χ4v) is 19.5. The summed E-state index contributed by atoms with van der Waals surface area (Å²) in [5, 5.41) is 14.8. The molecule has 10 rings (SSSR count). The Morgan fingerprint density at radius 1 is 0.415 bits per heavy atom. The summed E-state index contributed by atoms with van der Waals surface area (Å²) < 4.78 is 124. The fourth-order valence-electron chi connectivity index (χ4n) is 14.6. The molecule has 4 amide bonds. The highest BCUT2D eigenvalue weighted by Crippen LogP contribution is 2.43. The normalized spacial score (nSPS) is 16.1. The summed E-state index contributed by atoms with van der Waals surface area (Å²) in [6.45, 7) is 5.29. The van der Waals surface area contributed by atoms with Crippen LogP contribution in [0.5, 0.6) is 0 Å². The van der Waals surface area contributed by atoms with Crippen LogP contribution < -0.4 is 35.4 Å². The molecule has 28 nitrogen and oxygen atoms in total. The van der Waals surface area contributed by atoms with Crippen LogP contribution in [0.15, 0.2) is 143 Å². The van der Waals surface area contributed by atoms with Gasteiger partial charge in [-0.25, -0.2) is 44.4 Å². The van der Waals surface area contributed by atoms with Gasteiger partial charge in [0.1, 0.15) is 6.54 Å². The van der Waals surface area contributed by atoms with E-state index in [1.807, 2.05) is 57.5 Å². The first-order chi connectivity index (χ1) is 56.5. The minimum absolute atomic E-state index is 0.00600. The van der Waals surface area contributed by atoms with Gasteiger partial charge in [0.15, 0.2) is 0 Å². The second-order valence-electron chi connectivity index (χ2n) is 29.3. The van der Waals surface area contributed by atoms with Crippen LogP contribution in [0.1, 0.15) is 106 Å². The molecule has 0 spiro atoms. The summed E-state index contributed by atoms with van der Waals surface area (Å²) in [7, 11) is -5.79. The SMILES string of the molecule is CN1Cc2c(Cl)cc(Cl)cc2[C@H](c2cccc(S(=O)(=O)NCCOCCOCCNC(=O)CCC(CCC(=O)NCCOCCOCCNS(=O)(=O)c3cccc([C@@H]4CN(C)Cc5c(Cl)cc(Cl)cc54)c3)(CCC(=O)NCCOCCOCCNS(=O)(=O)c3cccc([C@@H]4CN(C)Cc5c(Cl)cc(Cl)cc54)c3)NC(=O)Cn3ccnc3)c2)C1. The summed E-state index contributed by atoms with van der Waals surface area (Å²) in [6, 6.07) is 31.2. The van der Waals surface area contributed by atoms with E-state index in [0.717, 1.165) is 50.1 Å². The lowest BCUT2D eigenvalue weighted by atomic mass is 9.83. The van der Waals surface area contributed by atoms with Gasteiger partial charge in [-0.2, -0.15) is 0 Å². The second-order valence-corrected chi connectivity index (χ2v) is 37.1. The highest BCUT2D eigenvalue weighted by atomic mass is 35.5. The molecule has 0 unspecified atom stereocenters. The first-order valence-electron chi connectivity index (χ1n) is 38.9. The Balaban J connectivity index is 0.658. The molecule has 7 N–H and O–H groups in total. The number of amides is 4. The molecule has 1 aromatic heterocycles. The monoisotopic (exact) mass is 1800 g/mol. The van der Waals surface area contributed by atoms with E-state index in [2.05, 4.69) is 55.1 Å². The number of rotatable bonds is 48. The maximum Gasteiger partial charge on any atom is 0.240 e. The Hall–Kier alpha value is -6.48. The quantitative estimate of drug-likeness (QED) is 0.0175. The standard InChI is InChI=1S/C81H102Cl6N12O16S3/c1-96-48-68(65-42-59(82)45-74(85)71(65)51-96)56-7-4-10-62(39-56)116(104,105)92-23-30-113-36-33-110-27-20-89-77(100)13-16-81(95-80(103)54-99-26-19-88-55-99,17-14-78(101)90-21-28-111-34-37-114-31-24-93-117(106,107)63-11-5-8-57(40-63)69-49-97(2)52-72-66(69)43-60(83)46-75(72)86)18-15-79(102)91-22-29-112-35-38-115-32-25-94-118(108,109)64-12-6-9-58(41-64)70-50-98(3)53-73-67(70)44-61(84)47-76(73)87/h4-12,19,26,39-47,55,68-70,92-94H,13-18,20-25,27-38,48-54H2,1-3H3,(H,89,100)(H,90,101)(H,91,102)(H,95,103)/t68-,69-,70-/m0/s1. The smallest absolute Gasteiger partial charge is 0.240 e. The number of likely N-dealkylation sites (N-methyl/N-ethyl adjacent to an activating group) is 3. The van der Waals surface area contributed by atoms with Crippen LogP contribution in [0.25, 0.3) is 0 Å². The highest BCUT2D eigenvalue weighted by Gasteiger charge is 2.36. The number of nitrogens with zero attached hydrogens (tertiary/aromatic N) is 5. The molecule has 3 aliphatic rings. The summed E-state index contributed by atoms with van der Waals surface area (Å²) in [6.07, 6.45) is 4.28. The molecular formula is C81H102Cl6N12O16S3. The first-order valence-corrected chi connectivity index (χ1v) is 45.6. The van der Waals surface area contributed by atoms with E-state index in [4.69, 9.17) is 98.0 Å². The Labute approximate surface area is 720 Å². The van der Waals surface area contributed by atoms with E-state index >= 15 is 0 Å². The molecule has 0 radical (unpaired) electrons. The Morgan fingerprint density at radius 2 is 0.720 bits per heavy atom. The van der Waals surface area contributed by atoms with Crippen molar-refractivity contribution in [3.8, 4) is 0 Å². The molecule has 0 fully saturated rings. The van der Waals surface area contributed by atoms with Gasteiger partial charge in [-0.15, -0.1) is 0 Å². The van der Waals surface area contributed by atoms with Gasteiger partial charge >= 0.3 is 0 Å². The third-order valence-electron chi connectivity index (χ3n) is 20.4. The molecule has 642 valence electrons. The zero-order valence-electron chi connectivity index (χ0n) is 66.0. The first kappa shape index (κ1) is 93.8. The van der Waals surface area contributed by atoms with Crippen molar-refractivity contribution in [1.29, 1.82) is 0 Å². The number of halogens is 6. The van der Waals surface area contributed by atoms with Crippen molar-refractivity contribution in [3.05, 3.63) is 208 Å². The summed E-state index contributed by atoms with van der Waals surface area (Å²) in [4.78, 5) is 65.6. The number of benzene rings is 6. The van der Waals surface area contributed by atoms with E-state index in [1.54, 1.807) is 65.4 Å². The fraction of sp³-hybridized carbons (Fsp3) is 0.469. The number of carbonyl (C=O) groups is 4. The number of hydrogen-bond acceptors (Lipinski definition) is 20. The van der Waals surface area contributed by atoms with E-state index in [0.29, 0.717) is 69.4 Å².